The van der Waals surface area contributed by atoms with Crippen molar-refractivity contribution in [2.75, 3.05) is 17.6 Å². The second kappa shape index (κ2) is 4.32. The molecule has 2 rings (SSSR count). The van der Waals surface area contributed by atoms with Gasteiger partial charge in [0.2, 0.25) is 0 Å². The second-order valence-electron chi connectivity index (χ2n) is 5.26. The minimum Gasteiger partial charge on any atom is -0.396 e. The van der Waals surface area contributed by atoms with Crippen LogP contribution in [0.5, 0.6) is 0 Å². The van der Waals surface area contributed by atoms with E-state index in [2.05, 4.69) is 17.2 Å². The van der Waals surface area contributed by atoms with Gasteiger partial charge in [0, 0.05) is 12.2 Å². The predicted octanol–water partition coefficient (Wildman–Crippen LogP) is 2.96. The Morgan fingerprint density at radius 3 is 2.75 bits per heavy atom. The van der Waals surface area contributed by atoms with Gasteiger partial charge in [-0.05, 0) is 37.3 Å². The van der Waals surface area contributed by atoms with Crippen molar-refractivity contribution >= 4 is 11.5 Å². The summed E-state index contributed by atoms with van der Waals surface area (Å²) in [6.07, 6.45) is 5.33. The lowest BCUT2D eigenvalue weighted by atomic mass is 9.89. The summed E-state index contributed by atoms with van der Waals surface area (Å²) in [6.45, 7) is 5.31. The van der Waals surface area contributed by atoms with Crippen molar-refractivity contribution in [1.82, 2.24) is 4.98 Å². The SMILES string of the molecule is Cc1ccc(N)c(NCC2(C)CCCC2)n1. The van der Waals surface area contributed by atoms with E-state index in [1.165, 1.54) is 25.7 Å². The summed E-state index contributed by atoms with van der Waals surface area (Å²) in [5, 5.41) is 3.40. The Kier molecular flexibility index (Phi) is 3.03. The van der Waals surface area contributed by atoms with Gasteiger partial charge >= 0.3 is 0 Å². The fraction of sp³-hybridized carbons (Fsp3) is 0.615. The van der Waals surface area contributed by atoms with Crippen LogP contribution >= 0.6 is 0 Å². The average molecular weight is 219 g/mol. The van der Waals surface area contributed by atoms with Gasteiger partial charge in [-0.15, -0.1) is 0 Å². The number of hydrogen-bond donors (Lipinski definition) is 2. The molecule has 88 valence electrons. The van der Waals surface area contributed by atoms with E-state index in [-0.39, 0.29) is 0 Å². The van der Waals surface area contributed by atoms with E-state index in [9.17, 15) is 0 Å². The summed E-state index contributed by atoms with van der Waals surface area (Å²) in [5.41, 5.74) is 8.07. The Hall–Kier alpha value is -1.25. The lowest BCUT2D eigenvalue weighted by Gasteiger charge is -2.24. The second-order valence-corrected chi connectivity index (χ2v) is 5.26. The summed E-state index contributed by atoms with van der Waals surface area (Å²) in [7, 11) is 0. The van der Waals surface area contributed by atoms with Gasteiger partial charge in [0.05, 0.1) is 5.69 Å². The molecule has 1 heterocycles. The Labute approximate surface area is 97.5 Å². The Morgan fingerprint density at radius 1 is 1.38 bits per heavy atom. The van der Waals surface area contributed by atoms with E-state index in [0.29, 0.717) is 5.41 Å². The number of aryl methyl sites for hydroxylation is 1. The molecule has 1 aromatic heterocycles. The van der Waals surface area contributed by atoms with Crippen LogP contribution in [0.1, 0.15) is 38.3 Å². The average Bonchev–Trinajstić information content (AvgIpc) is 2.67. The Bertz CT molecular complexity index is 367. The van der Waals surface area contributed by atoms with Gasteiger partial charge in [-0.25, -0.2) is 4.98 Å². The van der Waals surface area contributed by atoms with E-state index < -0.39 is 0 Å². The molecule has 0 aliphatic heterocycles. The molecule has 0 radical (unpaired) electrons. The maximum absolute atomic E-state index is 5.89. The van der Waals surface area contributed by atoms with Crippen molar-refractivity contribution in [2.24, 2.45) is 5.41 Å². The summed E-state index contributed by atoms with van der Waals surface area (Å²) in [5.74, 6) is 0.841. The molecule has 0 spiro atoms. The number of hydrogen-bond acceptors (Lipinski definition) is 3. The fourth-order valence-corrected chi connectivity index (χ4v) is 2.41. The zero-order chi connectivity index (χ0) is 11.6. The molecule has 3 heteroatoms. The van der Waals surface area contributed by atoms with Gasteiger partial charge < -0.3 is 11.1 Å². The lowest BCUT2D eigenvalue weighted by molar-refractivity contribution is 0.361. The Balaban J connectivity index is 2.01. The van der Waals surface area contributed by atoms with Crippen molar-refractivity contribution in [1.29, 1.82) is 0 Å². The van der Waals surface area contributed by atoms with Crippen LogP contribution in [-0.4, -0.2) is 11.5 Å². The smallest absolute Gasteiger partial charge is 0.149 e. The molecule has 1 saturated carbocycles. The molecule has 16 heavy (non-hydrogen) atoms. The third kappa shape index (κ3) is 2.46. The van der Waals surface area contributed by atoms with Crippen LogP contribution in [0.4, 0.5) is 11.5 Å². The van der Waals surface area contributed by atoms with Crippen molar-refractivity contribution in [2.45, 2.75) is 39.5 Å². The molecule has 0 atom stereocenters. The molecule has 1 fully saturated rings. The van der Waals surface area contributed by atoms with Gasteiger partial charge in [0.15, 0.2) is 0 Å². The number of anilines is 2. The number of nitrogens with zero attached hydrogens (tertiary/aromatic N) is 1. The number of aromatic nitrogens is 1. The van der Waals surface area contributed by atoms with Crippen LogP contribution in [0.3, 0.4) is 0 Å². The monoisotopic (exact) mass is 219 g/mol. The first-order chi connectivity index (χ1) is 7.59. The molecule has 1 aliphatic carbocycles. The zero-order valence-corrected chi connectivity index (χ0v) is 10.2. The summed E-state index contributed by atoms with van der Waals surface area (Å²) < 4.78 is 0. The van der Waals surface area contributed by atoms with Crippen LogP contribution in [0.25, 0.3) is 0 Å². The molecule has 0 amide bonds. The first kappa shape index (κ1) is 11.2. The molecule has 0 aromatic carbocycles. The topological polar surface area (TPSA) is 50.9 Å². The van der Waals surface area contributed by atoms with Gasteiger partial charge in [-0.3, -0.25) is 0 Å². The van der Waals surface area contributed by atoms with Crippen LogP contribution in [0.2, 0.25) is 0 Å². The highest BCUT2D eigenvalue weighted by Gasteiger charge is 2.28. The van der Waals surface area contributed by atoms with Crippen molar-refractivity contribution in [3.05, 3.63) is 17.8 Å². The largest absolute Gasteiger partial charge is 0.396 e. The van der Waals surface area contributed by atoms with Gasteiger partial charge in [-0.2, -0.15) is 0 Å². The van der Waals surface area contributed by atoms with Crippen LogP contribution in [0.15, 0.2) is 12.1 Å². The van der Waals surface area contributed by atoms with E-state index in [4.69, 9.17) is 5.73 Å². The van der Waals surface area contributed by atoms with E-state index in [1.54, 1.807) is 0 Å². The fourth-order valence-electron chi connectivity index (χ4n) is 2.41. The van der Waals surface area contributed by atoms with Gasteiger partial charge in [0.1, 0.15) is 5.82 Å². The number of nitrogen functional groups attached to an aromatic ring is 1. The van der Waals surface area contributed by atoms with Crippen LogP contribution in [0, 0.1) is 12.3 Å². The van der Waals surface area contributed by atoms with Crippen molar-refractivity contribution in [3.8, 4) is 0 Å². The summed E-state index contributed by atoms with van der Waals surface area (Å²) in [6, 6.07) is 3.86. The molecule has 0 saturated heterocycles. The molecule has 3 nitrogen and oxygen atoms in total. The highest BCUT2D eigenvalue weighted by molar-refractivity contribution is 5.61. The first-order valence-corrected chi connectivity index (χ1v) is 6.06. The standard InChI is InChI=1S/C13H21N3/c1-10-5-6-11(14)12(16-10)15-9-13(2)7-3-4-8-13/h5-6H,3-4,7-9,14H2,1-2H3,(H,15,16). The number of pyridine rings is 1. The summed E-state index contributed by atoms with van der Waals surface area (Å²) >= 11 is 0. The number of nitrogens with one attached hydrogen (secondary N) is 1. The quantitative estimate of drug-likeness (QED) is 0.821. The molecule has 0 unspecified atom stereocenters. The third-order valence-electron chi connectivity index (χ3n) is 3.56. The highest BCUT2D eigenvalue weighted by atomic mass is 15.0. The first-order valence-electron chi connectivity index (χ1n) is 6.06. The van der Waals surface area contributed by atoms with Gasteiger partial charge in [-0.1, -0.05) is 19.8 Å². The maximum atomic E-state index is 5.89. The normalized spacial score (nSPS) is 18.6. The van der Waals surface area contributed by atoms with Crippen molar-refractivity contribution in [3.63, 3.8) is 0 Å². The molecular formula is C13H21N3. The number of rotatable bonds is 3. The zero-order valence-electron chi connectivity index (χ0n) is 10.2. The van der Waals surface area contributed by atoms with E-state index >= 15 is 0 Å². The summed E-state index contributed by atoms with van der Waals surface area (Å²) in [4.78, 5) is 4.43. The molecule has 0 bridgehead atoms. The molecular weight excluding hydrogens is 198 g/mol. The number of nitrogens with two attached hydrogens (primary N) is 1. The minimum absolute atomic E-state index is 0.428. The van der Waals surface area contributed by atoms with Crippen LogP contribution in [-0.2, 0) is 0 Å². The maximum Gasteiger partial charge on any atom is 0.149 e. The molecule has 1 aliphatic rings. The van der Waals surface area contributed by atoms with Crippen molar-refractivity contribution < 1.29 is 0 Å². The predicted molar refractivity (Wildman–Crippen MR) is 68.5 cm³/mol. The molecule has 1 aromatic rings. The molecule has 3 N–H and O–H groups in total. The van der Waals surface area contributed by atoms with Crippen LogP contribution < -0.4 is 11.1 Å². The lowest BCUT2D eigenvalue weighted by Crippen LogP contribution is -2.23. The Morgan fingerprint density at radius 2 is 2.06 bits per heavy atom. The van der Waals surface area contributed by atoms with Gasteiger partial charge in [0.25, 0.3) is 0 Å². The third-order valence-corrected chi connectivity index (χ3v) is 3.56. The van der Waals surface area contributed by atoms with E-state index in [1.807, 2.05) is 19.1 Å². The van der Waals surface area contributed by atoms with E-state index in [0.717, 1.165) is 23.7 Å². The minimum atomic E-state index is 0.428. The highest BCUT2D eigenvalue weighted by Crippen LogP contribution is 2.37.